The number of Topliss-reactive ketones (excluding diaryl/α,β-unsaturated/α-hetero) is 1. The summed E-state index contributed by atoms with van der Waals surface area (Å²) >= 11 is 0. The Labute approximate surface area is 88.3 Å². The van der Waals surface area contributed by atoms with Crippen molar-refractivity contribution in [2.24, 2.45) is 5.92 Å². The van der Waals surface area contributed by atoms with E-state index >= 15 is 0 Å². The smallest absolute Gasteiger partial charge is 0.156 e. The van der Waals surface area contributed by atoms with Crippen LogP contribution in [0.25, 0.3) is 0 Å². The lowest BCUT2D eigenvalue weighted by Crippen LogP contribution is -2.16. The lowest BCUT2D eigenvalue weighted by atomic mass is 9.90. The van der Waals surface area contributed by atoms with E-state index in [4.69, 9.17) is 5.26 Å². The van der Waals surface area contributed by atoms with E-state index in [2.05, 4.69) is 0 Å². The van der Waals surface area contributed by atoms with Crippen molar-refractivity contribution >= 4 is 5.78 Å². The van der Waals surface area contributed by atoms with E-state index < -0.39 is 5.92 Å². The van der Waals surface area contributed by atoms with Crippen LogP contribution in [0.2, 0.25) is 0 Å². The first-order valence-electron chi connectivity index (χ1n) is 4.75. The van der Waals surface area contributed by atoms with Gasteiger partial charge >= 0.3 is 0 Å². The van der Waals surface area contributed by atoms with Gasteiger partial charge in [0.1, 0.15) is 11.7 Å². The molecule has 1 aromatic carbocycles. The Morgan fingerprint density at radius 3 is 2.27 bits per heavy atom. The maximum atomic E-state index is 12.6. The summed E-state index contributed by atoms with van der Waals surface area (Å²) in [6, 6.07) is 7.41. The predicted molar refractivity (Wildman–Crippen MR) is 54.6 cm³/mol. The van der Waals surface area contributed by atoms with Gasteiger partial charge in [0.05, 0.1) is 6.07 Å². The summed E-state index contributed by atoms with van der Waals surface area (Å²) in [6.07, 6.45) is 0. The second-order valence-corrected chi connectivity index (χ2v) is 3.67. The van der Waals surface area contributed by atoms with Crippen LogP contribution in [-0.2, 0) is 4.79 Å². The molecule has 0 aliphatic carbocycles. The molecular weight excluding hydrogens is 193 g/mol. The van der Waals surface area contributed by atoms with Crippen molar-refractivity contribution < 1.29 is 9.18 Å². The molecule has 2 nitrogen and oxygen atoms in total. The van der Waals surface area contributed by atoms with Gasteiger partial charge in [0, 0.05) is 5.92 Å². The third-order valence-electron chi connectivity index (χ3n) is 2.19. The maximum Gasteiger partial charge on any atom is 0.156 e. The summed E-state index contributed by atoms with van der Waals surface area (Å²) in [7, 11) is 0. The van der Waals surface area contributed by atoms with Gasteiger partial charge in [0.25, 0.3) is 0 Å². The van der Waals surface area contributed by atoms with Gasteiger partial charge in [0.2, 0.25) is 0 Å². The van der Waals surface area contributed by atoms with E-state index in [9.17, 15) is 9.18 Å². The van der Waals surface area contributed by atoms with E-state index in [1.54, 1.807) is 13.8 Å². The number of benzene rings is 1. The molecule has 0 heterocycles. The van der Waals surface area contributed by atoms with Gasteiger partial charge in [0.15, 0.2) is 5.78 Å². The highest BCUT2D eigenvalue weighted by atomic mass is 19.1. The third kappa shape index (κ3) is 2.63. The van der Waals surface area contributed by atoms with Crippen LogP contribution in [0.4, 0.5) is 4.39 Å². The fourth-order valence-electron chi connectivity index (χ4n) is 1.29. The van der Waals surface area contributed by atoms with Gasteiger partial charge < -0.3 is 0 Å². The summed E-state index contributed by atoms with van der Waals surface area (Å²) in [4.78, 5) is 11.6. The highest BCUT2D eigenvalue weighted by Crippen LogP contribution is 2.19. The van der Waals surface area contributed by atoms with Crippen LogP contribution >= 0.6 is 0 Å². The first kappa shape index (κ1) is 11.4. The minimum atomic E-state index is -0.786. The van der Waals surface area contributed by atoms with Crippen LogP contribution < -0.4 is 0 Å². The zero-order valence-electron chi connectivity index (χ0n) is 8.70. The SMILES string of the molecule is CC(C)C(=O)[C@@H](C#N)c1ccc(F)cc1. The predicted octanol–water partition coefficient (Wildman–Crippen LogP) is 2.66. The number of nitriles is 1. The van der Waals surface area contributed by atoms with Crippen LogP contribution in [0, 0.1) is 23.1 Å². The monoisotopic (exact) mass is 205 g/mol. The number of nitrogens with zero attached hydrogens (tertiary/aromatic N) is 1. The van der Waals surface area contributed by atoms with Crippen molar-refractivity contribution in [1.29, 1.82) is 5.26 Å². The minimum Gasteiger partial charge on any atom is -0.298 e. The van der Waals surface area contributed by atoms with Gasteiger partial charge in [-0.2, -0.15) is 5.26 Å². The van der Waals surface area contributed by atoms with Crippen LogP contribution in [0.3, 0.4) is 0 Å². The topological polar surface area (TPSA) is 40.9 Å². The molecular formula is C12H12FNO. The van der Waals surface area contributed by atoms with E-state index in [0.717, 1.165) is 0 Å². The van der Waals surface area contributed by atoms with Crippen LogP contribution in [-0.4, -0.2) is 5.78 Å². The Kier molecular flexibility index (Phi) is 3.56. The van der Waals surface area contributed by atoms with Gasteiger partial charge in [-0.1, -0.05) is 26.0 Å². The second kappa shape index (κ2) is 4.70. The van der Waals surface area contributed by atoms with E-state index in [1.165, 1.54) is 24.3 Å². The quantitative estimate of drug-likeness (QED) is 0.761. The minimum absolute atomic E-state index is 0.135. The molecule has 1 rings (SSSR count). The van der Waals surface area contributed by atoms with Crippen molar-refractivity contribution in [1.82, 2.24) is 0 Å². The Morgan fingerprint density at radius 1 is 1.33 bits per heavy atom. The molecule has 0 bridgehead atoms. The Morgan fingerprint density at radius 2 is 1.87 bits per heavy atom. The Balaban J connectivity index is 2.99. The van der Waals surface area contributed by atoms with Crippen LogP contribution in [0.5, 0.6) is 0 Å². The van der Waals surface area contributed by atoms with Gasteiger partial charge in [-0.3, -0.25) is 4.79 Å². The lowest BCUT2D eigenvalue weighted by molar-refractivity contribution is -0.122. The lowest BCUT2D eigenvalue weighted by Gasteiger charge is -2.10. The van der Waals surface area contributed by atoms with Crippen molar-refractivity contribution in [2.75, 3.05) is 0 Å². The highest BCUT2D eigenvalue weighted by Gasteiger charge is 2.22. The number of rotatable bonds is 3. The molecule has 1 atom stereocenters. The Hall–Kier alpha value is -1.69. The second-order valence-electron chi connectivity index (χ2n) is 3.67. The molecule has 78 valence electrons. The average molecular weight is 205 g/mol. The molecule has 0 spiro atoms. The van der Waals surface area contributed by atoms with E-state index in [0.29, 0.717) is 5.56 Å². The van der Waals surface area contributed by atoms with Gasteiger partial charge in [-0.05, 0) is 17.7 Å². The zero-order valence-corrected chi connectivity index (χ0v) is 8.70. The highest BCUT2D eigenvalue weighted by molar-refractivity contribution is 5.89. The summed E-state index contributed by atoms with van der Waals surface area (Å²) < 4.78 is 12.6. The van der Waals surface area contributed by atoms with Crippen molar-refractivity contribution in [2.45, 2.75) is 19.8 Å². The zero-order chi connectivity index (χ0) is 11.4. The number of carbonyl (C=O) groups excluding carboxylic acids is 1. The summed E-state index contributed by atoms with van der Waals surface area (Å²) in [6.45, 7) is 3.49. The standard InChI is InChI=1S/C12H12FNO/c1-8(2)12(15)11(7-14)9-3-5-10(13)6-4-9/h3-6,8,11H,1-2H3/t11-/m0/s1. The van der Waals surface area contributed by atoms with Crippen molar-refractivity contribution in [3.8, 4) is 6.07 Å². The molecule has 0 aliphatic heterocycles. The fourth-order valence-corrected chi connectivity index (χ4v) is 1.29. The number of ketones is 1. The van der Waals surface area contributed by atoms with Gasteiger partial charge in [-0.25, -0.2) is 4.39 Å². The fraction of sp³-hybridized carbons (Fsp3) is 0.333. The largest absolute Gasteiger partial charge is 0.298 e. The molecule has 0 aliphatic rings. The van der Waals surface area contributed by atoms with E-state index in [1.807, 2.05) is 6.07 Å². The van der Waals surface area contributed by atoms with Crippen LogP contribution in [0.15, 0.2) is 24.3 Å². The first-order valence-corrected chi connectivity index (χ1v) is 4.75. The normalized spacial score (nSPS) is 12.2. The average Bonchev–Trinajstić information content (AvgIpc) is 2.21. The molecule has 0 N–H and O–H groups in total. The van der Waals surface area contributed by atoms with E-state index in [-0.39, 0.29) is 17.5 Å². The molecule has 0 fully saturated rings. The molecule has 0 radical (unpaired) electrons. The molecule has 0 saturated heterocycles. The molecule has 1 aromatic rings. The Bertz CT molecular complexity index is 389. The molecule has 0 aromatic heterocycles. The summed E-state index contributed by atoms with van der Waals surface area (Å²) in [5.41, 5.74) is 0.553. The summed E-state index contributed by atoms with van der Waals surface area (Å²) in [5, 5.41) is 8.90. The maximum absolute atomic E-state index is 12.6. The first-order chi connectivity index (χ1) is 7.06. The number of carbonyl (C=O) groups is 1. The molecule has 0 unspecified atom stereocenters. The number of halogens is 1. The van der Waals surface area contributed by atoms with Crippen LogP contribution in [0.1, 0.15) is 25.3 Å². The molecule has 0 amide bonds. The van der Waals surface area contributed by atoms with Crippen molar-refractivity contribution in [3.63, 3.8) is 0 Å². The molecule has 15 heavy (non-hydrogen) atoms. The molecule has 3 heteroatoms. The number of hydrogen-bond acceptors (Lipinski definition) is 2. The summed E-state index contributed by atoms with van der Waals surface area (Å²) in [5.74, 6) is -1.48. The number of hydrogen-bond donors (Lipinski definition) is 0. The van der Waals surface area contributed by atoms with Crippen molar-refractivity contribution in [3.05, 3.63) is 35.6 Å². The molecule has 0 saturated carbocycles. The third-order valence-corrected chi connectivity index (χ3v) is 2.19. The van der Waals surface area contributed by atoms with Gasteiger partial charge in [-0.15, -0.1) is 0 Å².